The van der Waals surface area contributed by atoms with Crippen LogP contribution in [-0.4, -0.2) is 27.7 Å². The molecule has 0 saturated heterocycles. The first-order valence-corrected chi connectivity index (χ1v) is 11.4. The van der Waals surface area contributed by atoms with Gasteiger partial charge in [-0.3, -0.25) is 4.99 Å². The van der Waals surface area contributed by atoms with E-state index in [2.05, 4.69) is 5.32 Å². The van der Waals surface area contributed by atoms with Crippen molar-refractivity contribution < 1.29 is 0 Å². The lowest BCUT2D eigenvalue weighted by molar-refractivity contribution is 0.852. The van der Waals surface area contributed by atoms with Crippen molar-refractivity contribution in [1.29, 1.82) is 0 Å². The van der Waals surface area contributed by atoms with Gasteiger partial charge in [0.1, 0.15) is 5.69 Å². The second-order valence-corrected chi connectivity index (χ2v) is 9.31. The predicted molar refractivity (Wildman–Crippen MR) is 125 cm³/mol. The highest BCUT2D eigenvalue weighted by Gasteiger charge is 2.30. The molecule has 0 bridgehead atoms. The van der Waals surface area contributed by atoms with Crippen molar-refractivity contribution in [3.63, 3.8) is 0 Å². The van der Waals surface area contributed by atoms with Crippen molar-refractivity contribution in [2.45, 2.75) is 37.8 Å². The third-order valence-corrected chi connectivity index (χ3v) is 6.23. The average molecular weight is 480 g/mol. The van der Waals surface area contributed by atoms with Gasteiger partial charge in [-0.2, -0.15) is 5.10 Å². The van der Waals surface area contributed by atoms with Gasteiger partial charge in [0, 0.05) is 21.7 Å². The lowest BCUT2D eigenvalue weighted by Crippen LogP contribution is -2.28. The Balaban J connectivity index is 1.69. The largest absolute Gasteiger partial charge is 0.366 e. The van der Waals surface area contributed by atoms with E-state index in [-0.39, 0.29) is 0 Å². The number of benzene rings is 2. The van der Waals surface area contributed by atoms with E-state index in [1.165, 1.54) is 0 Å². The molecule has 2 aromatic carbocycles. The Hall–Kier alpha value is -1.72. The molecule has 1 N–H and O–H groups in total. The highest BCUT2D eigenvalue weighted by Crippen LogP contribution is 2.37. The standard InChI is InChI=1S/C22H18Cl4N4/c23-13-3-1-12(2-4-13)21-19(26)20(22(27-15-6-7-15)28-16-8-9-16)29-30(21)18-10-5-14(24)11-17(18)25/h1-5,10-11,15-16H,6-9H2,(H,27,28). The normalized spacial score (nSPS) is 16.7. The zero-order valence-corrected chi connectivity index (χ0v) is 18.9. The van der Waals surface area contributed by atoms with E-state index in [4.69, 9.17) is 56.5 Å². The summed E-state index contributed by atoms with van der Waals surface area (Å²) in [6, 6.07) is 13.6. The lowest BCUT2D eigenvalue weighted by atomic mass is 10.1. The number of nitrogens with zero attached hydrogens (tertiary/aromatic N) is 3. The SMILES string of the molecule is Clc1ccc(-c2c(Cl)c(C(=NC3CC3)NC3CC3)nn2-c2ccc(Cl)cc2Cl)cc1. The topological polar surface area (TPSA) is 42.2 Å². The Morgan fingerprint density at radius 2 is 1.63 bits per heavy atom. The molecule has 2 aliphatic rings. The molecule has 1 aromatic heterocycles. The third-order valence-electron chi connectivity index (χ3n) is 5.08. The molecule has 0 aliphatic heterocycles. The number of rotatable bonds is 5. The third kappa shape index (κ3) is 4.19. The molecule has 0 amide bonds. The molecule has 2 saturated carbocycles. The molecule has 2 fully saturated rings. The number of aliphatic imine (C=N–C) groups is 1. The quantitative estimate of drug-likeness (QED) is 0.322. The van der Waals surface area contributed by atoms with Crippen LogP contribution in [0.4, 0.5) is 0 Å². The van der Waals surface area contributed by atoms with E-state index >= 15 is 0 Å². The molecule has 1 heterocycles. The van der Waals surface area contributed by atoms with Crippen LogP contribution in [0.1, 0.15) is 31.4 Å². The average Bonchev–Trinajstić information content (AvgIpc) is 3.64. The molecular weight excluding hydrogens is 462 g/mol. The van der Waals surface area contributed by atoms with Gasteiger partial charge in [-0.05, 0) is 56.0 Å². The van der Waals surface area contributed by atoms with Crippen LogP contribution in [0.3, 0.4) is 0 Å². The fourth-order valence-corrected chi connectivity index (χ4v) is 4.14. The van der Waals surface area contributed by atoms with Gasteiger partial charge in [-0.25, -0.2) is 4.68 Å². The fourth-order valence-electron chi connectivity index (χ4n) is 3.21. The minimum absolute atomic E-state index is 0.338. The minimum atomic E-state index is 0.338. The van der Waals surface area contributed by atoms with Crippen molar-refractivity contribution in [3.8, 4) is 16.9 Å². The fraction of sp³-hybridized carbons (Fsp3) is 0.273. The Labute approximate surface area is 194 Å². The summed E-state index contributed by atoms with van der Waals surface area (Å²) in [5, 5.41) is 10.6. The van der Waals surface area contributed by atoms with Gasteiger partial charge in [0.05, 0.1) is 27.5 Å². The highest BCUT2D eigenvalue weighted by atomic mass is 35.5. The zero-order valence-electron chi connectivity index (χ0n) is 15.9. The van der Waals surface area contributed by atoms with Gasteiger partial charge in [0.15, 0.2) is 5.84 Å². The van der Waals surface area contributed by atoms with Gasteiger partial charge >= 0.3 is 0 Å². The number of aromatic nitrogens is 2. The maximum atomic E-state index is 6.93. The number of hydrogen-bond acceptors (Lipinski definition) is 2. The van der Waals surface area contributed by atoms with Gasteiger partial charge < -0.3 is 5.32 Å². The molecule has 4 nitrogen and oxygen atoms in total. The number of halogens is 4. The first kappa shape index (κ1) is 20.2. The van der Waals surface area contributed by atoms with Crippen molar-refractivity contribution >= 4 is 52.2 Å². The predicted octanol–water partition coefficient (Wildman–Crippen LogP) is 6.81. The molecule has 0 unspecified atom stereocenters. The molecule has 30 heavy (non-hydrogen) atoms. The molecule has 154 valence electrons. The summed E-state index contributed by atoms with van der Waals surface area (Å²) >= 11 is 25.7. The van der Waals surface area contributed by atoms with E-state index in [9.17, 15) is 0 Å². The summed E-state index contributed by atoms with van der Waals surface area (Å²) < 4.78 is 1.76. The second kappa shape index (κ2) is 8.08. The number of amidine groups is 1. The first-order valence-electron chi connectivity index (χ1n) is 9.84. The summed E-state index contributed by atoms with van der Waals surface area (Å²) in [6.45, 7) is 0. The maximum absolute atomic E-state index is 6.93. The highest BCUT2D eigenvalue weighted by molar-refractivity contribution is 6.37. The molecule has 0 atom stereocenters. The summed E-state index contributed by atoms with van der Waals surface area (Å²) in [6.07, 6.45) is 4.46. The molecule has 8 heteroatoms. The van der Waals surface area contributed by atoms with Crippen LogP contribution < -0.4 is 5.32 Å². The van der Waals surface area contributed by atoms with Crippen LogP contribution in [0.5, 0.6) is 0 Å². The van der Waals surface area contributed by atoms with Crippen LogP contribution in [0.25, 0.3) is 16.9 Å². The van der Waals surface area contributed by atoms with Crippen LogP contribution in [0.15, 0.2) is 47.5 Å². The van der Waals surface area contributed by atoms with Crippen molar-refractivity contribution in [2.75, 3.05) is 0 Å². The molecule has 0 radical (unpaired) electrons. The maximum Gasteiger partial charge on any atom is 0.151 e. The summed E-state index contributed by atoms with van der Waals surface area (Å²) in [7, 11) is 0. The van der Waals surface area contributed by atoms with E-state index in [0.29, 0.717) is 43.6 Å². The Morgan fingerprint density at radius 1 is 0.933 bits per heavy atom. The van der Waals surface area contributed by atoms with Crippen molar-refractivity contribution in [1.82, 2.24) is 15.1 Å². The molecular formula is C22H18Cl4N4. The molecule has 3 aromatic rings. The minimum Gasteiger partial charge on any atom is -0.366 e. The van der Waals surface area contributed by atoms with Crippen molar-refractivity contribution in [3.05, 3.63) is 68.2 Å². The van der Waals surface area contributed by atoms with Gasteiger partial charge in [-0.15, -0.1) is 0 Å². The Morgan fingerprint density at radius 3 is 2.27 bits per heavy atom. The van der Waals surface area contributed by atoms with Gasteiger partial charge in [-0.1, -0.05) is 58.5 Å². The molecule has 5 rings (SSSR count). The second-order valence-electron chi connectivity index (χ2n) is 7.65. The monoisotopic (exact) mass is 478 g/mol. The van der Waals surface area contributed by atoms with Gasteiger partial charge in [0.25, 0.3) is 0 Å². The first-order chi connectivity index (χ1) is 14.5. The summed E-state index contributed by atoms with van der Waals surface area (Å²) in [5.41, 5.74) is 2.93. The van der Waals surface area contributed by atoms with E-state index in [1.807, 2.05) is 30.3 Å². The summed E-state index contributed by atoms with van der Waals surface area (Å²) in [4.78, 5) is 4.86. The van der Waals surface area contributed by atoms with Crippen LogP contribution >= 0.6 is 46.4 Å². The Bertz CT molecular complexity index is 1130. The summed E-state index contributed by atoms with van der Waals surface area (Å²) in [5.74, 6) is 0.754. The molecule has 0 spiro atoms. The van der Waals surface area contributed by atoms with Crippen LogP contribution in [0.2, 0.25) is 20.1 Å². The van der Waals surface area contributed by atoms with E-state index in [0.717, 1.165) is 42.8 Å². The van der Waals surface area contributed by atoms with E-state index < -0.39 is 0 Å². The smallest absolute Gasteiger partial charge is 0.151 e. The number of nitrogens with one attached hydrogen (secondary N) is 1. The van der Waals surface area contributed by atoms with Crippen LogP contribution in [-0.2, 0) is 0 Å². The Kier molecular flexibility index (Phi) is 5.44. The number of hydrogen-bond donors (Lipinski definition) is 1. The molecule has 2 aliphatic carbocycles. The van der Waals surface area contributed by atoms with Gasteiger partial charge in [0.2, 0.25) is 0 Å². The van der Waals surface area contributed by atoms with Crippen LogP contribution in [0, 0.1) is 0 Å². The zero-order chi connectivity index (χ0) is 20.8. The van der Waals surface area contributed by atoms with Crippen molar-refractivity contribution in [2.24, 2.45) is 4.99 Å². The van der Waals surface area contributed by atoms with E-state index in [1.54, 1.807) is 16.8 Å². The lowest BCUT2D eigenvalue weighted by Gasteiger charge is -2.10.